The van der Waals surface area contributed by atoms with Crippen molar-refractivity contribution in [2.75, 3.05) is 24.3 Å². The highest BCUT2D eigenvalue weighted by atomic mass is 32.2. The molecular weight excluding hydrogens is 467 g/mol. The Morgan fingerprint density at radius 1 is 1.11 bits per heavy atom. The molecule has 0 saturated carbocycles. The Labute approximate surface area is 205 Å². The summed E-state index contributed by atoms with van der Waals surface area (Å²) < 4.78 is 20.3. The van der Waals surface area contributed by atoms with E-state index in [0.29, 0.717) is 33.2 Å². The maximum Gasteiger partial charge on any atom is 0.266 e. The van der Waals surface area contributed by atoms with Gasteiger partial charge in [0.15, 0.2) is 5.16 Å². The summed E-state index contributed by atoms with van der Waals surface area (Å²) in [6.45, 7) is 0.159. The van der Waals surface area contributed by atoms with Crippen molar-refractivity contribution in [1.29, 1.82) is 5.26 Å². The van der Waals surface area contributed by atoms with Crippen molar-refractivity contribution >= 4 is 34.3 Å². The van der Waals surface area contributed by atoms with Crippen LogP contribution in [-0.4, -0.2) is 34.9 Å². The van der Waals surface area contributed by atoms with Crippen LogP contribution in [0, 0.1) is 17.1 Å². The molecule has 35 heavy (non-hydrogen) atoms. The Kier molecular flexibility index (Phi) is 7.43. The number of hydrogen-bond acceptors (Lipinski definition) is 6. The summed E-state index contributed by atoms with van der Waals surface area (Å²) in [5.74, 6) is -0.285. The number of hydrogen-bond donors (Lipinski definition) is 0. The molecule has 0 bridgehead atoms. The van der Waals surface area contributed by atoms with Crippen molar-refractivity contribution in [3.63, 3.8) is 0 Å². The fraction of sp³-hybridized carbons (Fsp3) is 0.154. The average Bonchev–Trinajstić information content (AvgIpc) is 2.89. The second-order valence-corrected chi connectivity index (χ2v) is 8.39. The summed E-state index contributed by atoms with van der Waals surface area (Å²) in [6, 6.07) is 21.6. The standard InChI is InChI=1S/C26H21FN4O3S/c1-34-23-10-5-4-9-22(23)31-25(33)20-7-2-3-8-21(20)29-26(31)35-17-24(32)30(16-6-15-28)19-13-11-18(27)12-14-19/h2-5,7-14H,6,16-17H2,1H3. The summed E-state index contributed by atoms with van der Waals surface area (Å²) in [5.41, 5.74) is 1.22. The molecule has 3 aromatic carbocycles. The third-order valence-electron chi connectivity index (χ3n) is 5.28. The third kappa shape index (κ3) is 5.18. The third-order valence-corrected chi connectivity index (χ3v) is 6.21. The van der Waals surface area contributed by atoms with Gasteiger partial charge >= 0.3 is 0 Å². The number of halogens is 1. The number of carbonyl (C=O) groups excluding carboxylic acids is 1. The predicted octanol–water partition coefficient (Wildman–Crippen LogP) is 4.57. The molecule has 1 heterocycles. The summed E-state index contributed by atoms with van der Waals surface area (Å²) in [6.07, 6.45) is 0.119. The molecule has 7 nitrogen and oxygen atoms in total. The number of anilines is 1. The van der Waals surface area contributed by atoms with Crippen LogP contribution in [0.1, 0.15) is 6.42 Å². The zero-order valence-corrected chi connectivity index (χ0v) is 19.7. The first-order chi connectivity index (χ1) is 17.0. The lowest BCUT2D eigenvalue weighted by molar-refractivity contribution is -0.116. The quantitative estimate of drug-likeness (QED) is 0.267. The van der Waals surface area contributed by atoms with Crippen molar-refractivity contribution < 1.29 is 13.9 Å². The molecule has 0 spiro atoms. The highest BCUT2D eigenvalue weighted by molar-refractivity contribution is 7.99. The van der Waals surface area contributed by atoms with Gasteiger partial charge in [-0.15, -0.1) is 0 Å². The average molecular weight is 489 g/mol. The van der Waals surface area contributed by atoms with E-state index in [2.05, 4.69) is 4.98 Å². The molecule has 0 aliphatic carbocycles. The van der Waals surface area contributed by atoms with Crippen LogP contribution in [-0.2, 0) is 4.79 Å². The zero-order valence-electron chi connectivity index (χ0n) is 18.8. The van der Waals surface area contributed by atoms with Crippen molar-refractivity contribution in [2.24, 2.45) is 0 Å². The van der Waals surface area contributed by atoms with Gasteiger partial charge < -0.3 is 9.64 Å². The molecule has 0 atom stereocenters. The van der Waals surface area contributed by atoms with Crippen molar-refractivity contribution in [1.82, 2.24) is 9.55 Å². The van der Waals surface area contributed by atoms with E-state index in [0.717, 1.165) is 11.8 Å². The minimum Gasteiger partial charge on any atom is -0.495 e. The van der Waals surface area contributed by atoms with Gasteiger partial charge in [-0.3, -0.25) is 14.2 Å². The Balaban J connectivity index is 1.72. The number of benzene rings is 3. The zero-order chi connectivity index (χ0) is 24.8. The van der Waals surface area contributed by atoms with Crippen molar-refractivity contribution in [3.8, 4) is 17.5 Å². The number of nitrogens with zero attached hydrogens (tertiary/aromatic N) is 4. The van der Waals surface area contributed by atoms with Crippen LogP contribution >= 0.6 is 11.8 Å². The van der Waals surface area contributed by atoms with Crippen LogP contribution in [0.5, 0.6) is 5.75 Å². The summed E-state index contributed by atoms with van der Waals surface area (Å²) in [4.78, 5) is 32.8. The van der Waals surface area contributed by atoms with Crippen LogP contribution in [0.3, 0.4) is 0 Å². The molecule has 4 rings (SSSR count). The molecule has 0 radical (unpaired) electrons. The maximum absolute atomic E-state index is 13.5. The molecule has 0 unspecified atom stereocenters. The van der Waals surface area contributed by atoms with Gasteiger partial charge in [0, 0.05) is 12.2 Å². The Bertz CT molecular complexity index is 1460. The van der Waals surface area contributed by atoms with Crippen molar-refractivity contribution in [3.05, 3.63) is 89.0 Å². The van der Waals surface area contributed by atoms with E-state index >= 15 is 0 Å². The van der Waals surface area contributed by atoms with E-state index in [4.69, 9.17) is 10.00 Å². The monoisotopic (exact) mass is 488 g/mol. The number of fused-ring (bicyclic) bond motifs is 1. The maximum atomic E-state index is 13.5. The van der Waals surface area contributed by atoms with Gasteiger partial charge in [0.1, 0.15) is 11.6 Å². The molecule has 9 heteroatoms. The van der Waals surface area contributed by atoms with Gasteiger partial charge in [-0.1, -0.05) is 36.0 Å². The molecule has 0 saturated heterocycles. The largest absolute Gasteiger partial charge is 0.495 e. The van der Waals surface area contributed by atoms with E-state index in [1.807, 2.05) is 6.07 Å². The summed E-state index contributed by atoms with van der Waals surface area (Å²) in [7, 11) is 1.52. The fourth-order valence-electron chi connectivity index (χ4n) is 3.62. The molecule has 1 aromatic heterocycles. The highest BCUT2D eigenvalue weighted by Gasteiger charge is 2.20. The number of aromatic nitrogens is 2. The van der Waals surface area contributed by atoms with Crippen molar-refractivity contribution in [2.45, 2.75) is 11.6 Å². The number of rotatable bonds is 8. The summed E-state index contributed by atoms with van der Waals surface area (Å²) >= 11 is 1.11. The molecule has 0 aliphatic heterocycles. The van der Waals surface area contributed by atoms with Crippen LogP contribution < -0.4 is 15.2 Å². The van der Waals surface area contributed by atoms with Gasteiger partial charge in [-0.25, -0.2) is 9.37 Å². The molecule has 1 amide bonds. The van der Waals surface area contributed by atoms with Gasteiger partial charge in [0.2, 0.25) is 5.91 Å². The van der Waals surface area contributed by atoms with Gasteiger partial charge in [-0.05, 0) is 48.5 Å². The van der Waals surface area contributed by atoms with Crippen LogP contribution in [0.2, 0.25) is 0 Å². The second kappa shape index (κ2) is 10.8. The first kappa shape index (κ1) is 24.0. The highest BCUT2D eigenvalue weighted by Crippen LogP contribution is 2.28. The number of methoxy groups -OCH3 is 1. The molecule has 0 aliphatic rings. The molecule has 4 aromatic rings. The van der Waals surface area contributed by atoms with Gasteiger partial charge in [0.05, 0.1) is 41.9 Å². The van der Waals surface area contributed by atoms with E-state index in [9.17, 15) is 14.0 Å². The fourth-order valence-corrected chi connectivity index (χ4v) is 4.50. The number of ether oxygens (including phenoxy) is 1. The summed E-state index contributed by atoms with van der Waals surface area (Å²) in [5, 5.41) is 9.79. The van der Waals surface area contributed by atoms with Crippen LogP contribution in [0.15, 0.2) is 82.7 Å². The first-order valence-electron chi connectivity index (χ1n) is 10.7. The molecule has 0 N–H and O–H groups in total. The van der Waals surface area contributed by atoms with E-state index in [-0.39, 0.29) is 30.2 Å². The predicted molar refractivity (Wildman–Crippen MR) is 134 cm³/mol. The lowest BCUT2D eigenvalue weighted by atomic mass is 10.2. The smallest absolute Gasteiger partial charge is 0.266 e. The van der Waals surface area contributed by atoms with Gasteiger partial charge in [0.25, 0.3) is 5.56 Å². The van der Waals surface area contributed by atoms with Crippen LogP contribution in [0.4, 0.5) is 10.1 Å². The second-order valence-electron chi connectivity index (χ2n) is 7.44. The SMILES string of the molecule is COc1ccccc1-n1c(SCC(=O)N(CCC#N)c2ccc(F)cc2)nc2ccccc2c1=O. The van der Waals surface area contributed by atoms with E-state index in [1.165, 1.54) is 40.8 Å². The lowest BCUT2D eigenvalue weighted by Crippen LogP contribution is -2.33. The number of carbonyl (C=O) groups is 1. The topological polar surface area (TPSA) is 88.2 Å². The van der Waals surface area contributed by atoms with E-state index < -0.39 is 5.82 Å². The Morgan fingerprint density at radius 2 is 1.83 bits per heavy atom. The van der Waals surface area contributed by atoms with E-state index in [1.54, 1.807) is 48.5 Å². The van der Waals surface area contributed by atoms with Gasteiger partial charge in [-0.2, -0.15) is 5.26 Å². The number of para-hydroxylation sites is 3. The normalized spacial score (nSPS) is 10.7. The molecule has 176 valence electrons. The number of amides is 1. The number of nitriles is 1. The first-order valence-corrected chi connectivity index (χ1v) is 11.7. The minimum absolute atomic E-state index is 0.0528. The molecule has 0 fully saturated rings. The lowest BCUT2D eigenvalue weighted by Gasteiger charge is -2.22. The Hall–Kier alpha value is -4.16. The minimum atomic E-state index is -0.419. The Morgan fingerprint density at radius 3 is 2.57 bits per heavy atom. The number of thioether (sulfide) groups is 1. The molecular formula is C26H21FN4O3S. The van der Waals surface area contributed by atoms with Crippen LogP contribution in [0.25, 0.3) is 16.6 Å².